The van der Waals surface area contributed by atoms with Crippen molar-refractivity contribution in [3.63, 3.8) is 0 Å². The molecule has 0 aliphatic carbocycles. The number of hydrogen-bond donors (Lipinski definition) is 2. The number of thioether (sulfide) groups is 1. The van der Waals surface area contributed by atoms with Gasteiger partial charge in [0.05, 0.1) is 0 Å². The Hall–Kier alpha value is -3.11. The van der Waals surface area contributed by atoms with Gasteiger partial charge < -0.3 is 15.8 Å². The summed E-state index contributed by atoms with van der Waals surface area (Å²) >= 11 is 8.26. The zero-order valence-electron chi connectivity index (χ0n) is 20.1. The first-order valence-corrected chi connectivity index (χ1v) is 12.8. The van der Waals surface area contributed by atoms with Gasteiger partial charge >= 0.3 is 6.18 Å². The van der Waals surface area contributed by atoms with Gasteiger partial charge in [0.15, 0.2) is 11.4 Å². The summed E-state index contributed by atoms with van der Waals surface area (Å²) in [5.41, 5.74) is 2.10. The van der Waals surface area contributed by atoms with E-state index in [1.165, 1.54) is 0 Å². The third-order valence-corrected chi connectivity index (χ3v) is 8.28. The van der Waals surface area contributed by atoms with Gasteiger partial charge in [-0.15, -0.1) is 11.8 Å². The number of hydrogen-bond acceptors (Lipinski definition) is 5. The molecule has 1 aliphatic heterocycles. The second-order valence-electron chi connectivity index (χ2n) is 8.94. The molecule has 37 heavy (non-hydrogen) atoms. The van der Waals surface area contributed by atoms with E-state index in [9.17, 15) is 27.9 Å². The average Bonchev–Trinajstić information content (AvgIpc) is 3.00. The molecule has 0 bridgehead atoms. The number of alkyl halides is 3. The Balaban J connectivity index is 1.79. The van der Waals surface area contributed by atoms with E-state index < -0.39 is 40.9 Å². The number of carbonyl (C=O) groups excluding carboxylic acids is 1. The van der Waals surface area contributed by atoms with Crippen molar-refractivity contribution in [1.29, 1.82) is 0 Å². The minimum atomic E-state index is -4.76. The van der Waals surface area contributed by atoms with Gasteiger partial charge in [-0.3, -0.25) is 14.3 Å². The number of aromatic hydroxyl groups is 1. The highest BCUT2D eigenvalue weighted by atomic mass is 35.5. The first-order chi connectivity index (χ1) is 17.4. The number of nitrogens with two attached hydrogens (primary N) is 1. The Labute approximate surface area is 220 Å². The fourth-order valence-corrected chi connectivity index (χ4v) is 6.20. The Bertz CT molecular complexity index is 1410. The van der Waals surface area contributed by atoms with E-state index in [1.807, 2.05) is 37.3 Å². The predicted molar refractivity (Wildman–Crippen MR) is 138 cm³/mol. The van der Waals surface area contributed by atoms with Gasteiger partial charge in [0.1, 0.15) is 6.04 Å². The number of aromatic nitrogens is 1. The topological polar surface area (TPSA) is 88.6 Å². The maximum absolute atomic E-state index is 13.9. The lowest BCUT2D eigenvalue weighted by molar-refractivity contribution is -0.172. The van der Waals surface area contributed by atoms with Crippen LogP contribution in [0.25, 0.3) is 0 Å². The maximum Gasteiger partial charge on any atom is 0.408 e. The largest absolute Gasteiger partial charge is 0.502 e. The average molecular weight is 552 g/mol. The van der Waals surface area contributed by atoms with Crippen LogP contribution in [-0.4, -0.2) is 39.4 Å². The third kappa shape index (κ3) is 5.17. The monoisotopic (exact) mass is 551 g/mol. The number of aryl methyl sites for hydroxylation is 1. The van der Waals surface area contributed by atoms with Gasteiger partial charge in [0.25, 0.3) is 5.91 Å². The van der Waals surface area contributed by atoms with E-state index in [0.717, 1.165) is 46.3 Å². The van der Waals surface area contributed by atoms with Crippen molar-refractivity contribution < 1.29 is 23.1 Å². The molecule has 3 N–H and O–H groups in total. The van der Waals surface area contributed by atoms with Crippen LogP contribution in [0.4, 0.5) is 13.2 Å². The lowest BCUT2D eigenvalue weighted by Gasteiger charge is -2.33. The molecule has 6 nitrogen and oxygen atoms in total. The third-order valence-electron chi connectivity index (χ3n) is 6.65. The number of nitrogen functional groups attached to an aromatic ring is 1. The molecule has 0 saturated carbocycles. The highest BCUT2D eigenvalue weighted by Gasteiger charge is 2.43. The van der Waals surface area contributed by atoms with E-state index >= 15 is 0 Å². The smallest absolute Gasteiger partial charge is 0.408 e. The number of amides is 1. The minimum Gasteiger partial charge on any atom is -0.502 e. The molecule has 0 unspecified atom stereocenters. The first-order valence-electron chi connectivity index (χ1n) is 11.5. The SMILES string of the molecule is Cc1cccc2c1SCc1cccc(Cl)c1[C@@H]2CCN(C(=O)c1c(O)c(=O)ccn1N)[C@H](C)C(F)(F)F. The number of nitrogens with zero attached hydrogens (tertiary/aromatic N) is 2. The van der Waals surface area contributed by atoms with Gasteiger partial charge in [0.2, 0.25) is 5.43 Å². The van der Waals surface area contributed by atoms with Crippen LogP contribution < -0.4 is 11.3 Å². The molecule has 11 heteroatoms. The lowest BCUT2D eigenvalue weighted by atomic mass is 9.85. The quantitative estimate of drug-likeness (QED) is 0.412. The predicted octanol–water partition coefficient (Wildman–Crippen LogP) is 5.45. The summed E-state index contributed by atoms with van der Waals surface area (Å²) in [7, 11) is 0. The standard InChI is InChI=1S/C26H25ClF3N3O3S/c1-14-5-3-7-18-17(21-16(13-37-24(14)18)6-4-8-19(21)27)9-11-32(15(2)26(28,29)30)25(36)22-23(35)20(34)10-12-33(22)31/h3-8,10,12,15,17,35H,9,11,13,31H2,1-2H3/t15-,17-/m1/s1. The van der Waals surface area contributed by atoms with Crippen LogP contribution in [0.3, 0.4) is 0 Å². The number of halogens is 4. The van der Waals surface area contributed by atoms with Crippen molar-refractivity contribution in [1.82, 2.24) is 9.58 Å². The van der Waals surface area contributed by atoms with Crippen LogP contribution in [0.2, 0.25) is 5.02 Å². The molecule has 1 aliphatic rings. The molecule has 4 rings (SSSR count). The fraction of sp³-hybridized carbons (Fsp3) is 0.308. The van der Waals surface area contributed by atoms with E-state index in [-0.39, 0.29) is 13.0 Å². The Morgan fingerprint density at radius 2 is 1.97 bits per heavy atom. The van der Waals surface area contributed by atoms with Crippen molar-refractivity contribution >= 4 is 29.3 Å². The van der Waals surface area contributed by atoms with Gasteiger partial charge in [-0.25, -0.2) is 0 Å². The zero-order chi connectivity index (χ0) is 27.1. The number of fused-ring (bicyclic) bond motifs is 2. The molecule has 3 aromatic rings. The second-order valence-corrected chi connectivity index (χ2v) is 10.3. The Kier molecular flexibility index (Phi) is 7.52. The van der Waals surface area contributed by atoms with Crippen LogP contribution in [0.1, 0.15) is 52.0 Å². The normalized spacial score (nSPS) is 15.9. The molecule has 2 atom stereocenters. The molecule has 0 saturated heterocycles. The van der Waals surface area contributed by atoms with Crippen molar-refractivity contribution in [3.05, 3.63) is 91.9 Å². The number of pyridine rings is 1. The summed E-state index contributed by atoms with van der Waals surface area (Å²) in [5.74, 6) is 3.77. The summed E-state index contributed by atoms with van der Waals surface area (Å²) in [4.78, 5) is 26.9. The summed E-state index contributed by atoms with van der Waals surface area (Å²) in [6.07, 6.45) is -3.63. The first kappa shape index (κ1) is 26.9. The molecule has 196 valence electrons. The van der Waals surface area contributed by atoms with Crippen LogP contribution >= 0.6 is 23.4 Å². The molecule has 0 radical (unpaired) electrons. The van der Waals surface area contributed by atoms with Crippen LogP contribution in [0.5, 0.6) is 5.75 Å². The van der Waals surface area contributed by atoms with E-state index in [2.05, 4.69) is 0 Å². The van der Waals surface area contributed by atoms with Crippen LogP contribution in [0.15, 0.2) is 58.4 Å². The Morgan fingerprint density at radius 1 is 1.27 bits per heavy atom. The second kappa shape index (κ2) is 10.3. The fourth-order valence-electron chi connectivity index (χ4n) is 4.65. The highest BCUT2D eigenvalue weighted by Crippen LogP contribution is 2.46. The summed E-state index contributed by atoms with van der Waals surface area (Å²) < 4.78 is 42.4. The molecule has 1 amide bonds. The number of rotatable bonds is 5. The summed E-state index contributed by atoms with van der Waals surface area (Å²) in [6.45, 7) is 2.50. The number of carbonyl (C=O) groups is 1. The van der Waals surface area contributed by atoms with E-state index in [1.54, 1.807) is 17.8 Å². The van der Waals surface area contributed by atoms with Crippen molar-refractivity contribution in [2.24, 2.45) is 0 Å². The molecular formula is C26H25ClF3N3O3S. The van der Waals surface area contributed by atoms with E-state index in [4.69, 9.17) is 17.4 Å². The van der Waals surface area contributed by atoms with Gasteiger partial charge in [-0.05, 0) is 48.6 Å². The van der Waals surface area contributed by atoms with E-state index in [0.29, 0.717) is 20.4 Å². The summed E-state index contributed by atoms with van der Waals surface area (Å²) in [5, 5.41) is 10.7. The lowest BCUT2D eigenvalue weighted by Crippen LogP contribution is -2.49. The minimum absolute atomic E-state index is 0.113. The zero-order valence-corrected chi connectivity index (χ0v) is 21.6. The Morgan fingerprint density at radius 3 is 2.68 bits per heavy atom. The molecule has 2 aromatic carbocycles. The molecule has 2 heterocycles. The van der Waals surface area contributed by atoms with Crippen molar-refractivity contribution in [2.45, 2.75) is 49.1 Å². The van der Waals surface area contributed by atoms with Gasteiger partial charge in [-0.1, -0.05) is 41.9 Å². The summed E-state index contributed by atoms with van der Waals surface area (Å²) in [6, 6.07) is 10.0. The molecule has 0 spiro atoms. The van der Waals surface area contributed by atoms with Gasteiger partial charge in [0, 0.05) is 40.4 Å². The maximum atomic E-state index is 13.9. The van der Waals surface area contributed by atoms with Gasteiger partial charge in [-0.2, -0.15) is 13.2 Å². The van der Waals surface area contributed by atoms with Crippen LogP contribution in [0, 0.1) is 6.92 Å². The number of benzene rings is 2. The van der Waals surface area contributed by atoms with Crippen molar-refractivity contribution in [3.8, 4) is 5.75 Å². The molecule has 1 aromatic heterocycles. The van der Waals surface area contributed by atoms with Crippen molar-refractivity contribution in [2.75, 3.05) is 12.4 Å². The van der Waals surface area contributed by atoms with Crippen LogP contribution in [-0.2, 0) is 5.75 Å². The molecule has 0 fully saturated rings. The highest BCUT2D eigenvalue weighted by molar-refractivity contribution is 7.98. The molecular weight excluding hydrogens is 527 g/mol.